The van der Waals surface area contributed by atoms with Crippen molar-refractivity contribution in [2.45, 2.75) is 59.9 Å². The highest BCUT2D eigenvalue weighted by Gasteiger charge is 2.31. The van der Waals surface area contributed by atoms with Gasteiger partial charge in [0.15, 0.2) is 5.76 Å². The first kappa shape index (κ1) is 20.7. The SMILES string of the molecule is Cc1cc(-c2snnc2C2CCCN(C(=O)C(C)Cn3nc(C)c(C)c3C)C2)on1. The van der Waals surface area contributed by atoms with E-state index in [1.165, 1.54) is 17.1 Å². The van der Waals surface area contributed by atoms with E-state index in [4.69, 9.17) is 4.52 Å². The maximum atomic E-state index is 13.2. The lowest BCUT2D eigenvalue weighted by molar-refractivity contribution is -0.136. The van der Waals surface area contributed by atoms with E-state index in [9.17, 15) is 4.79 Å². The van der Waals surface area contributed by atoms with E-state index in [1.54, 1.807) is 0 Å². The van der Waals surface area contributed by atoms with Crippen LogP contribution in [-0.4, -0.2) is 48.4 Å². The molecule has 3 aromatic rings. The van der Waals surface area contributed by atoms with Gasteiger partial charge < -0.3 is 9.42 Å². The molecule has 4 rings (SSSR count). The number of aryl methyl sites for hydroxylation is 2. The van der Waals surface area contributed by atoms with Crippen LogP contribution in [0.2, 0.25) is 0 Å². The second-order valence-corrected chi connectivity index (χ2v) is 9.08. The summed E-state index contributed by atoms with van der Waals surface area (Å²) in [6.07, 6.45) is 1.94. The number of carbonyl (C=O) groups excluding carboxylic acids is 1. The number of hydrogen-bond acceptors (Lipinski definition) is 7. The third kappa shape index (κ3) is 3.90. The molecule has 0 bridgehead atoms. The lowest BCUT2D eigenvalue weighted by Gasteiger charge is -2.34. The molecule has 2 atom stereocenters. The van der Waals surface area contributed by atoms with E-state index >= 15 is 0 Å². The van der Waals surface area contributed by atoms with Gasteiger partial charge in [-0.2, -0.15) is 5.10 Å². The van der Waals surface area contributed by atoms with Crippen molar-refractivity contribution in [2.75, 3.05) is 13.1 Å². The molecule has 8 nitrogen and oxygen atoms in total. The predicted octanol–water partition coefficient (Wildman–Crippen LogP) is 3.67. The molecule has 1 aliphatic heterocycles. The number of aromatic nitrogens is 5. The summed E-state index contributed by atoms with van der Waals surface area (Å²) >= 11 is 1.32. The smallest absolute Gasteiger partial charge is 0.227 e. The van der Waals surface area contributed by atoms with Crippen LogP contribution in [0.4, 0.5) is 0 Å². The van der Waals surface area contributed by atoms with Gasteiger partial charge >= 0.3 is 0 Å². The molecule has 0 spiro atoms. The minimum absolute atomic E-state index is 0.133. The molecule has 2 unspecified atom stereocenters. The number of carbonyl (C=O) groups is 1. The Morgan fingerprint density at radius 2 is 2.13 bits per heavy atom. The van der Waals surface area contributed by atoms with Gasteiger partial charge in [0.2, 0.25) is 5.91 Å². The van der Waals surface area contributed by atoms with E-state index in [0.717, 1.165) is 47.0 Å². The number of piperidine rings is 1. The van der Waals surface area contributed by atoms with Crippen molar-refractivity contribution in [2.24, 2.45) is 5.92 Å². The zero-order chi connectivity index (χ0) is 21.4. The number of hydrogen-bond donors (Lipinski definition) is 0. The minimum atomic E-state index is -0.133. The summed E-state index contributed by atoms with van der Waals surface area (Å²) in [4.78, 5) is 16.1. The number of rotatable bonds is 5. The van der Waals surface area contributed by atoms with Crippen LogP contribution in [0.15, 0.2) is 10.6 Å². The van der Waals surface area contributed by atoms with Gasteiger partial charge in [-0.1, -0.05) is 16.6 Å². The average Bonchev–Trinajstić information content (AvgIpc) is 3.44. The number of nitrogens with zero attached hydrogens (tertiary/aromatic N) is 6. The van der Waals surface area contributed by atoms with Gasteiger partial charge in [0.05, 0.1) is 29.5 Å². The molecule has 0 aromatic carbocycles. The van der Waals surface area contributed by atoms with Crippen LogP contribution in [0, 0.1) is 33.6 Å². The fraction of sp³-hybridized carbons (Fsp3) is 0.571. The molecule has 3 aromatic heterocycles. The first-order valence-corrected chi connectivity index (χ1v) is 11.2. The molecular formula is C21H28N6O2S. The Hall–Kier alpha value is -2.55. The van der Waals surface area contributed by atoms with Crippen molar-refractivity contribution < 1.29 is 9.32 Å². The van der Waals surface area contributed by atoms with Gasteiger partial charge in [-0.05, 0) is 57.6 Å². The van der Waals surface area contributed by atoms with E-state index in [1.807, 2.05) is 36.4 Å². The Balaban J connectivity index is 1.47. The molecule has 160 valence electrons. The Morgan fingerprint density at radius 3 is 2.80 bits per heavy atom. The molecule has 0 aliphatic carbocycles. The Kier molecular flexibility index (Phi) is 5.73. The summed E-state index contributed by atoms with van der Waals surface area (Å²) in [6, 6.07) is 1.91. The Morgan fingerprint density at radius 1 is 1.33 bits per heavy atom. The van der Waals surface area contributed by atoms with Crippen LogP contribution in [0.3, 0.4) is 0 Å². The quantitative estimate of drug-likeness (QED) is 0.616. The number of amides is 1. The molecule has 0 saturated carbocycles. The molecule has 1 aliphatic rings. The fourth-order valence-electron chi connectivity index (χ4n) is 4.12. The Labute approximate surface area is 180 Å². The van der Waals surface area contributed by atoms with Crippen LogP contribution in [-0.2, 0) is 11.3 Å². The summed E-state index contributed by atoms with van der Waals surface area (Å²) in [5.74, 6) is 0.899. The normalized spacial score (nSPS) is 18.0. The molecule has 1 fully saturated rings. The van der Waals surface area contributed by atoms with Gasteiger partial charge in [0.1, 0.15) is 4.88 Å². The summed E-state index contributed by atoms with van der Waals surface area (Å²) < 4.78 is 11.5. The number of likely N-dealkylation sites (tertiary alicyclic amines) is 1. The van der Waals surface area contributed by atoms with Crippen LogP contribution in [0.1, 0.15) is 54.0 Å². The monoisotopic (exact) mass is 428 g/mol. The van der Waals surface area contributed by atoms with Crippen molar-refractivity contribution >= 4 is 17.4 Å². The summed E-state index contributed by atoms with van der Waals surface area (Å²) in [7, 11) is 0. The van der Waals surface area contributed by atoms with Crippen molar-refractivity contribution in [3.8, 4) is 10.6 Å². The summed E-state index contributed by atoms with van der Waals surface area (Å²) in [5, 5.41) is 13.0. The maximum absolute atomic E-state index is 13.2. The van der Waals surface area contributed by atoms with E-state index < -0.39 is 0 Å². The topological polar surface area (TPSA) is 89.9 Å². The molecular weight excluding hydrogens is 400 g/mol. The van der Waals surface area contributed by atoms with Crippen LogP contribution in [0.25, 0.3) is 10.6 Å². The molecule has 30 heavy (non-hydrogen) atoms. The lowest BCUT2D eigenvalue weighted by Crippen LogP contribution is -2.43. The van der Waals surface area contributed by atoms with Crippen molar-refractivity contribution in [3.05, 3.63) is 34.4 Å². The van der Waals surface area contributed by atoms with Crippen LogP contribution < -0.4 is 0 Å². The zero-order valence-corrected chi connectivity index (χ0v) is 19.0. The largest absolute Gasteiger partial charge is 0.355 e. The van der Waals surface area contributed by atoms with Gasteiger partial charge in [0, 0.05) is 30.8 Å². The van der Waals surface area contributed by atoms with Gasteiger partial charge in [-0.3, -0.25) is 9.48 Å². The molecule has 4 heterocycles. The second kappa shape index (κ2) is 8.29. The third-order valence-electron chi connectivity index (χ3n) is 6.10. The highest BCUT2D eigenvalue weighted by Crippen LogP contribution is 2.35. The first-order valence-electron chi connectivity index (χ1n) is 10.4. The van der Waals surface area contributed by atoms with Gasteiger partial charge in [-0.15, -0.1) is 5.10 Å². The zero-order valence-electron chi connectivity index (χ0n) is 18.2. The second-order valence-electron chi connectivity index (χ2n) is 8.32. The van der Waals surface area contributed by atoms with Gasteiger partial charge in [-0.25, -0.2) is 0 Å². The highest BCUT2D eigenvalue weighted by atomic mass is 32.1. The van der Waals surface area contributed by atoms with Crippen LogP contribution in [0.5, 0.6) is 0 Å². The third-order valence-corrected chi connectivity index (χ3v) is 6.85. The summed E-state index contributed by atoms with van der Waals surface area (Å²) in [6.45, 7) is 12.1. The average molecular weight is 429 g/mol. The lowest BCUT2D eigenvalue weighted by atomic mass is 9.92. The van der Waals surface area contributed by atoms with E-state index in [0.29, 0.717) is 18.8 Å². The van der Waals surface area contributed by atoms with Crippen molar-refractivity contribution in [3.63, 3.8) is 0 Å². The highest BCUT2D eigenvalue weighted by molar-refractivity contribution is 7.09. The minimum Gasteiger partial charge on any atom is -0.355 e. The van der Waals surface area contributed by atoms with Gasteiger partial charge in [0.25, 0.3) is 0 Å². The fourth-order valence-corrected chi connectivity index (χ4v) is 4.82. The molecule has 0 N–H and O–H groups in total. The molecule has 1 saturated heterocycles. The van der Waals surface area contributed by atoms with E-state index in [2.05, 4.69) is 33.7 Å². The molecule has 1 amide bonds. The molecule has 9 heteroatoms. The molecule has 0 radical (unpaired) electrons. The first-order chi connectivity index (χ1) is 14.3. The predicted molar refractivity (Wildman–Crippen MR) is 114 cm³/mol. The summed E-state index contributed by atoms with van der Waals surface area (Å²) in [5.41, 5.74) is 5.09. The van der Waals surface area contributed by atoms with Crippen LogP contribution >= 0.6 is 11.5 Å². The Bertz CT molecular complexity index is 1050. The van der Waals surface area contributed by atoms with E-state index in [-0.39, 0.29) is 17.7 Å². The maximum Gasteiger partial charge on any atom is 0.227 e. The van der Waals surface area contributed by atoms with Crippen molar-refractivity contribution in [1.82, 2.24) is 29.4 Å². The van der Waals surface area contributed by atoms with Crippen molar-refractivity contribution in [1.29, 1.82) is 0 Å². The standard InChI is InChI=1S/C21H28N6O2S/c1-12(10-27-16(5)14(3)15(4)23-27)21(28)26-8-6-7-17(11-26)19-20(30-25-22-19)18-9-13(2)24-29-18/h9,12,17H,6-8,10-11H2,1-5H3.